The number of rotatable bonds is 7. The monoisotopic (exact) mass is 223 g/mol. The lowest BCUT2D eigenvalue weighted by atomic mass is 10.3. The van der Waals surface area contributed by atoms with Crippen LogP contribution in [-0.2, 0) is 14.3 Å². The lowest BCUT2D eigenvalue weighted by Crippen LogP contribution is -2.21. The predicted octanol–water partition coefficient (Wildman–Crippen LogP) is 0.705. The first kappa shape index (κ1) is 17.2. The molecule has 0 aliphatic heterocycles. The maximum Gasteiger partial charge on any atom is 0.102 e. The quantitative estimate of drug-likeness (QED) is 0.622. The summed E-state index contributed by atoms with van der Waals surface area (Å²) in [6.45, 7) is 4.95. The Morgan fingerprint density at radius 3 is 1.73 bits per heavy atom. The van der Waals surface area contributed by atoms with Crippen molar-refractivity contribution in [2.45, 2.75) is 38.9 Å². The summed E-state index contributed by atoms with van der Waals surface area (Å²) >= 11 is 0. The molecule has 2 unspecified atom stereocenters. The van der Waals surface area contributed by atoms with Crippen molar-refractivity contribution in [3.63, 3.8) is 0 Å². The van der Waals surface area contributed by atoms with E-state index >= 15 is 0 Å². The molecule has 0 spiro atoms. The van der Waals surface area contributed by atoms with Crippen LogP contribution in [0, 0.1) is 0 Å². The smallest absolute Gasteiger partial charge is 0.102 e. The van der Waals surface area contributed by atoms with Gasteiger partial charge in [0.25, 0.3) is 0 Å². The Balaban J connectivity index is 0. The standard InChI is InChI=1S/C5H13NO2.C5H12O2/c1-3-5(8-6)4-7-2;1-3-5(6)4-7-2/h5H,3-4,6H2,1-2H3;5-6H,3-4H2,1-2H3. The second kappa shape index (κ2) is 13.8. The van der Waals surface area contributed by atoms with Crippen LogP contribution in [-0.4, -0.2) is 44.7 Å². The summed E-state index contributed by atoms with van der Waals surface area (Å²) < 4.78 is 9.43. The number of ether oxygens (including phenoxy) is 2. The van der Waals surface area contributed by atoms with E-state index < -0.39 is 0 Å². The summed E-state index contributed by atoms with van der Waals surface area (Å²) in [4.78, 5) is 4.51. The molecule has 94 valence electrons. The molecule has 5 heteroatoms. The number of hydrogen-bond acceptors (Lipinski definition) is 5. The second-order valence-electron chi connectivity index (χ2n) is 3.14. The molecule has 0 aromatic heterocycles. The molecule has 0 bridgehead atoms. The van der Waals surface area contributed by atoms with Gasteiger partial charge in [-0.05, 0) is 12.8 Å². The first-order valence-electron chi connectivity index (χ1n) is 5.17. The zero-order valence-electron chi connectivity index (χ0n) is 10.2. The highest BCUT2D eigenvalue weighted by molar-refractivity contribution is 4.48. The molecule has 0 radical (unpaired) electrons. The third-order valence-electron chi connectivity index (χ3n) is 1.83. The van der Waals surface area contributed by atoms with Gasteiger partial charge < -0.3 is 14.6 Å². The molecule has 0 amide bonds. The molecule has 0 rings (SSSR count). The van der Waals surface area contributed by atoms with Crippen LogP contribution < -0.4 is 5.90 Å². The molecule has 0 aromatic carbocycles. The van der Waals surface area contributed by atoms with E-state index in [9.17, 15) is 0 Å². The van der Waals surface area contributed by atoms with Crippen molar-refractivity contribution in [3.05, 3.63) is 0 Å². The number of hydrogen-bond donors (Lipinski definition) is 2. The van der Waals surface area contributed by atoms with E-state index in [1.165, 1.54) is 0 Å². The van der Waals surface area contributed by atoms with Crippen LogP contribution in [0.15, 0.2) is 0 Å². The van der Waals surface area contributed by atoms with Gasteiger partial charge in [0.15, 0.2) is 0 Å². The zero-order chi connectivity index (χ0) is 12.1. The van der Waals surface area contributed by atoms with E-state index in [2.05, 4.69) is 9.57 Å². The van der Waals surface area contributed by atoms with Crippen LogP contribution in [0.4, 0.5) is 0 Å². The Kier molecular flexibility index (Phi) is 15.8. The fraction of sp³-hybridized carbons (Fsp3) is 1.00. The van der Waals surface area contributed by atoms with E-state index in [1.54, 1.807) is 14.2 Å². The molecule has 2 atom stereocenters. The van der Waals surface area contributed by atoms with Crippen molar-refractivity contribution in [1.82, 2.24) is 0 Å². The van der Waals surface area contributed by atoms with E-state index in [0.29, 0.717) is 13.2 Å². The highest BCUT2D eigenvalue weighted by Crippen LogP contribution is 1.92. The van der Waals surface area contributed by atoms with Crippen molar-refractivity contribution in [3.8, 4) is 0 Å². The third-order valence-corrected chi connectivity index (χ3v) is 1.83. The van der Waals surface area contributed by atoms with Gasteiger partial charge in [0.05, 0.1) is 19.3 Å². The Morgan fingerprint density at radius 2 is 1.60 bits per heavy atom. The summed E-state index contributed by atoms with van der Waals surface area (Å²) in [6, 6.07) is 0. The SMILES string of the molecule is CCC(COC)ON.CCC(O)COC. The van der Waals surface area contributed by atoms with Gasteiger partial charge in [-0.25, -0.2) is 5.90 Å². The molecule has 0 saturated carbocycles. The topological polar surface area (TPSA) is 73.9 Å². The molecule has 15 heavy (non-hydrogen) atoms. The fourth-order valence-corrected chi connectivity index (χ4v) is 0.749. The van der Waals surface area contributed by atoms with E-state index in [-0.39, 0.29) is 12.2 Å². The summed E-state index contributed by atoms with van der Waals surface area (Å²) in [6.07, 6.45) is 1.45. The van der Waals surface area contributed by atoms with E-state index in [1.807, 2.05) is 13.8 Å². The van der Waals surface area contributed by atoms with Crippen LogP contribution in [0.2, 0.25) is 0 Å². The Labute approximate surface area is 92.5 Å². The number of methoxy groups -OCH3 is 2. The van der Waals surface area contributed by atoms with E-state index in [0.717, 1.165) is 12.8 Å². The predicted molar refractivity (Wildman–Crippen MR) is 59.4 cm³/mol. The minimum atomic E-state index is -0.273. The van der Waals surface area contributed by atoms with Crippen molar-refractivity contribution >= 4 is 0 Å². The number of nitrogens with two attached hydrogens (primary N) is 1. The van der Waals surface area contributed by atoms with Crippen LogP contribution in [0.25, 0.3) is 0 Å². The summed E-state index contributed by atoms with van der Waals surface area (Å²) in [5.41, 5.74) is 0. The van der Waals surface area contributed by atoms with E-state index in [4.69, 9.17) is 15.7 Å². The van der Waals surface area contributed by atoms with Gasteiger partial charge in [-0.1, -0.05) is 13.8 Å². The van der Waals surface area contributed by atoms with Crippen LogP contribution in [0.1, 0.15) is 26.7 Å². The van der Waals surface area contributed by atoms with Crippen molar-refractivity contribution < 1.29 is 19.4 Å². The van der Waals surface area contributed by atoms with Gasteiger partial charge in [0.1, 0.15) is 6.10 Å². The molecular formula is C10H25NO4. The van der Waals surface area contributed by atoms with Crippen LogP contribution >= 0.6 is 0 Å². The fourth-order valence-electron chi connectivity index (χ4n) is 0.749. The third kappa shape index (κ3) is 13.8. The van der Waals surface area contributed by atoms with Gasteiger partial charge in [-0.15, -0.1) is 0 Å². The summed E-state index contributed by atoms with van der Waals surface area (Å²) in [7, 11) is 3.21. The summed E-state index contributed by atoms with van der Waals surface area (Å²) in [5.74, 6) is 4.89. The first-order valence-corrected chi connectivity index (χ1v) is 5.17. The Hall–Kier alpha value is -0.200. The van der Waals surface area contributed by atoms with Gasteiger partial charge in [0.2, 0.25) is 0 Å². The van der Waals surface area contributed by atoms with Gasteiger partial charge in [-0.2, -0.15) is 0 Å². The Bertz CT molecular complexity index is 110. The molecule has 0 fully saturated rings. The maximum absolute atomic E-state index is 8.73. The molecule has 0 aromatic rings. The molecule has 0 aliphatic carbocycles. The van der Waals surface area contributed by atoms with Crippen molar-refractivity contribution in [2.75, 3.05) is 27.4 Å². The molecule has 0 aliphatic rings. The minimum absolute atomic E-state index is 0.0556. The van der Waals surface area contributed by atoms with Crippen LogP contribution in [0.5, 0.6) is 0 Å². The average Bonchev–Trinajstić information content (AvgIpc) is 2.27. The lowest BCUT2D eigenvalue weighted by Gasteiger charge is -2.08. The lowest BCUT2D eigenvalue weighted by molar-refractivity contribution is -0.00463. The zero-order valence-corrected chi connectivity index (χ0v) is 10.2. The van der Waals surface area contributed by atoms with Gasteiger partial charge >= 0.3 is 0 Å². The van der Waals surface area contributed by atoms with Crippen molar-refractivity contribution in [1.29, 1.82) is 0 Å². The molecule has 0 saturated heterocycles. The normalized spacial score (nSPS) is 14.0. The number of aliphatic hydroxyl groups is 1. The molecular weight excluding hydrogens is 198 g/mol. The molecule has 3 N–H and O–H groups in total. The van der Waals surface area contributed by atoms with Crippen molar-refractivity contribution in [2.24, 2.45) is 5.90 Å². The molecule has 0 heterocycles. The van der Waals surface area contributed by atoms with Crippen LogP contribution in [0.3, 0.4) is 0 Å². The number of aliphatic hydroxyl groups excluding tert-OH is 1. The highest BCUT2D eigenvalue weighted by Gasteiger charge is 2.01. The average molecular weight is 223 g/mol. The maximum atomic E-state index is 8.73. The van der Waals surface area contributed by atoms with Gasteiger partial charge in [-0.3, -0.25) is 4.84 Å². The first-order chi connectivity index (χ1) is 7.15. The minimum Gasteiger partial charge on any atom is -0.391 e. The summed E-state index contributed by atoms with van der Waals surface area (Å²) in [5, 5.41) is 8.73. The highest BCUT2D eigenvalue weighted by atomic mass is 16.6. The molecule has 5 nitrogen and oxygen atoms in total. The largest absolute Gasteiger partial charge is 0.391 e. The second-order valence-corrected chi connectivity index (χ2v) is 3.14. The Morgan fingerprint density at radius 1 is 1.07 bits per heavy atom. The van der Waals surface area contributed by atoms with Gasteiger partial charge in [0, 0.05) is 14.2 Å².